The normalized spacial score (nSPS) is 15.0. The first kappa shape index (κ1) is 16.4. The average molecular weight is 335 g/mol. The van der Waals surface area contributed by atoms with Gasteiger partial charge in [-0.1, -0.05) is 0 Å². The quantitative estimate of drug-likeness (QED) is 0.408. The molecular weight excluding hydrogens is 312 g/mol. The third-order valence-corrected chi connectivity index (χ3v) is 4.26. The van der Waals surface area contributed by atoms with Crippen molar-refractivity contribution in [3.05, 3.63) is 27.2 Å². The van der Waals surface area contributed by atoms with Crippen LogP contribution in [0.5, 0.6) is 0 Å². The number of imidazole rings is 1. The summed E-state index contributed by atoms with van der Waals surface area (Å²) in [5.41, 5.74) is 0.227. The third kappa shape index (κ3) is 3.12. The van der Waals surface area contributed by atoms with E-state index in [2.05, 4.69) is 14.9 Å². The van der Waals surface area contributed by atoms with Gasteiger partial charge in [-0.3, -0.25) is 23.8 Å². The van der Waals surface area contributed by atoms with Gasteiger partial charge in [0.05, 0.1) is 26.1 Å². The summed E-state index contributed by atoms with van der Waals surface area (Å²) < 4.78 is 11.8. The van der Waals surface area contributed by atoms with Crippen molar-refractivity contribution in [2.45, 2.75) is 13.0 Å². The van der Waals surface area contributed by atoms with Crippen molar-refractivity contribution >= 4 is 17.5 Å². The number of hydrogen-bond acceptors (Lipinski definition) is 4. The maximum atomic E-state index is 12.3. The Morgan fingerprint density at radius 2 is 2.04 bits per heavy atom. The zero-order valence-corrected chi connectivity index (χ0v) is 14.1. The monoisotopic (exact) mass is 335 g/mol. The molecule has 3 heterocycles. The molecule has 0 radical (unpaired) electrons. The molecule has 1 saturated heterocycles. The molecular formula is C15H23N6O3+. The molecule has 1 aliphatic heterocycles. The highest BCUT2D eigenvalue weighted by molar-refractivity contribution is 5.69. The summed E-state index contributed by atoms with van der Waals surface area (Å²) in [6.07, 6.45) is 4.47. The summed E-state index contributed by atoms with van der Waals surface area (Å²) in [5, 5.41) is 3.29. The predicted molar refractivity (Wildman–Crippen MR) is 89.7 cm³/mol. The topological polar surface area (TPSA) is 86.1 Å². The van der Waals surface area contributed by atoms with Crippen LogP contribution in [-0.4, -0.2) is 62.4 Å². The first-order valence-corrected chi connectivity index (χ1v) is 8.09. The van der Waals surface area contributed by atoms with E-state index in [-0.39, 0.29) is 11.2 Å². The number of nitrogens with one attached hydrogen (secondary N) is 1. The van der Waals surface area contributed by atoms with E-state index in [0.29, 0.717) is 17.7 Å². The van der Waals surface area contributed by atoms with Crippen LogP contribution in [0.4, 0.5) is 0 Å². The Morgan fingerprint density at radius 1 is 1.29 bits per heavy atom. The Morgan fingerprint density at radius 3 is 2.79 bits per heavy atom. The van der Waals surface area contributed by atoms with Crippen molar-refractivity contribution in [1.29, 1.82) is 0 Å². The Labute approximate surface area is 138 Å². The highest BCUT2D eigenvalue weighted by atomic mass is 16.5. The van der Waals surface area contributed by atoms with Crippen LogP contribution in [0.2, 0.25) is 0 Å². The van der Waals surface area contributed by atoms with Crippen molar-refractivity contribution in [3.63, 3.8) is 0 Å². The number of fused-ring (bicyclic) bond motifs is 1. The van der Waals surface area contributed by atoms with Crippen LogP contribution in [0.3, 0.4) is 0 Å². The molecule has 0 unspecified atom stereocenters. The summed E-state index contributed by atoms with van der Waals surface area (Å²) in [4.78, 5) is 28.5. The molecule has 0 saturated carbocycles. The smallest absolute Gasteiger partial charge is 0.332 e. The van der Waals surface area contributed by atoms with Crippen molar-refractivity contribution in [1.82, 2.24) is 24.0 Å². The van der Waals surface area contributed by atoms with E-state index in [4.69, 9.17) is 4.74 Å². The Kier molecular flexibility index (Phi) is 4.79. The van der Waals surface area contributed by atoms with Gasteiger partial charge in [-0.05, 0) is 0 Å². The molecule has 1 fully saturated rings. The van der Waals surface area contributed by atoms with Gasteiger partial charge in [0.2, 0.25) is 6.34 Å². The van der Waals surface area contributed by atoms with Gasteiger partial charge in [0, 0.05) is 27.1 Å². The van der Waals surface area contributed by atoms with E-state index >= 15 is 0 Å². The van der Waals surface area contributed by atoms with Crippen LogP contribution < -0.4 is 16.6 Å². The van der Waals surface area contributed by atoms with E-state index in [1.807, 2.05) is 10.9 Å². The van der Waals surface area contributed by atoms with E-state index < -0.39 is 0 Å². The Balaban J connectivity index is 1.66. The third-order valence-electron chi connectivity index (χ3n) is 4.26. The highest BCUT2D eigenvalue weighted by Gasteiger charge is 2.14. The maximum Gasteiger partial charge on any atom is 0.332 e. The highest BCUT2D eigenvalue weighted by Crippen LogP contribution is 2.05. The van der Waals surface area contributed by atoms with Crippen molar-refractivity contribution in [2.24, 2.45) is 14.1 Å². The van der Waals surface area contributed by atoms with E-state index in [1.54, 1.807) is 13.4 Å². The molecule has 0 bridgehead atoms. The molecule has 1 aliphatic rings. The minimum absolute atomic E-state index is 0.307. The fraction of sp³-hybridized carbons (Fsp3) is 0.600. The summed E-state index contributed by atoms with van der Waals surface area (Å²) in [5.74, 6) is 0. The number of rotatable bonds is 5. The number of aryl methyl sites for hydroxylation is 2. The van der Waals surface area contributed by atoms with Crippen LogP contribution in [-0.2, 0) is 25.4 Å². The summed E-state index contributed by atoms with van der Waals surface area (Å²) in [6.45, 7) is 4.80. The largest absolute Gasteiger partial charge is 0.373 e. The summed E-state index contributed by atoms with van der Waals surface area (Å²) in [6, 6.07) is 0. The van der Waals surface area contributed by atoms with Gasteiger partial charge in [-0.2, -0.15) is 0 Å². The molecule has 0 aromatic carbocycles. The molecule has 3 rings (SSSR count). The lowest BCUT2D eigenvalue weighted by Gasteiger charge is -2.13. The zero-order chi connectivity index (χ0) is 17.1. The van der Waals surface area contributed by atoms with Crippen LogP contribution in [0.1, 0.15) is 6.42 Å². The molecule has 0 atom stereocenters. The zero-order valence-electron chi connectivity index (χ0n) is 14.1. The second kappa shape index (κ2) is 7.00. The molecule has 130 valence electrons. The van der Waals surface area contributed by atoms with Crippen LogP contribution in [0.25, 0.3) is 11.2 Å². The molecule has 1 N–H and O–H groups in total. The number of morpholine rings is 1. The van der Waals surface area contributed by atoms with Crippen LogP contribution in [0.15, 0.2) is 15.9 Å². The first-order chi connectivity index (χ1) is 11.6. The number of nitrogens with zero attached hydrogens (tertiary/aromatic N) is 5. The molecule has 9 heteroatoms. The summed E-state index contributed by atoms with van der Waals surface area (Å²) in [7, 11) is 3.11. The lowest BCUT2D eigenvalue weighted by Crippen LogP contribution is -2.37. The Bertz CT molecular complexity index is 868. The fourth-order valence-corrected chi connectivity index (χ4v) is 2.82. The van der Waals surface area contributed by atoms with E-state index in [9.17, 15) is 9.59 Å². The molecule has 2 aromatic rings. The molecule has 0 aliphatic carbocycles. The van der Waals surface area contributed by atoms with Crippen molar-refractivity contribution < 1.29 is 9.31 Å². The molecule has 9 nitrogen and oxygen atoms in total. The van der Waals surface area contributed by atoms with Gasteiger partial charge >= 0.3 is 5.69 Å². The number of ether oxygens (including phenoxy) is 1. The molecule has 0 amide bonds. The van der Waals surface area contributed by atoms with Gasteiger partial charge in [0.15, 0.2) is 11.2 Å². The maximum absolute atomic E-state index is 12.3. The number of hydrogen-bond donors (Lipinski definition) is 1. The lowest BCUT2D eigenvalue weighted by atomic mass is 10.4. The molecule has 0 spiro atoms. The lowest BCUT2D eigenvalue weighted by molar-refractivity contribution is -0.546. The SMILES string of the molecule is Cn1c(=O)c2c(ncn2CCCNC=[N+]2CCOCC2)n(C)c1=O. The second-order valence-corrected chi connectivity index (χ2v) is 5.90. The summed E-state index contributed by atoms with van der Waals surface area (Å²) >= 11 is 0. The van der Waals surface area contributed by atoms with Gasteiger partial charge < -0.3 is 9.30 Å². The van der Waals surface area contributed by atoms with Crippen LogP contribution in [0, 0.1) is 0 Å². The minimum Gasteiger partial charge on any atom is -0.373 e. The molecule has 2 aromatic heterocycles. The van der Waals surface area contributed by atoms with Gasteiger partial charge in [-0.15, -0.1) is 0 Å². The average Bonchev–Trinajstić information content (AvgIpc) is 3.03. The van der Waals surface area contributed by atoms with Crippen LogP contribution >= 0.6 is 0 Å². The van der Waals surface area contributed by atoms with Gasteiger partial charge in [0.1, 0.15) is 13.1 Å². The minimum atomic E-state index is -0.362. The van der Waals surface area contributed by atoms with E-state index in [1.165, 1.54) is 11.6 Å². The molecule has 24 heavy (non-hydrogen) atoms. The predicted octanol–water partition coefficient (Wildman–Crippen LogP) is -1.52. The van der Waals surface area contributed by atoms with E-state index in [0.717, 1.165) is 43.8 Å². The van der Waals surface area contributed by atoms with Gasteiger partial charge in [-0.25, -0.2) is 9.78 Å². The standard InChI is InChI=1S/C15H22N6O3/c1-18-13-12(14(22)19(2)15(18)23)21(11-17-13)5-3-4-16-10-20-6-8-24-9-7-20/h10-11H,3-9H2,1-2H3/p+1. The fourth-order valence-electron chi connectivity index (χ4n) is 2.82. The van der Waals surface area contributed by atoms with Crippen molar-refractivity contribution in [2.75, 3.05) is 32.8 Å². The second-order valence-electron chi connectivity index (χ2n) is 5.90. The first-order valence-electron chi connectivity index (χ1n) is 8.09. The van der Waals surface area contributed by atoms with Gasteiger partial charge in [0.25, 0.3) is 5.56 Å². The number of aromatic nitrogens is 4. The van der Waals surface area contributed by atoms with Crippen molar-refractivity contribution in [3.8, 4) is 0 Å². The Hall–Kier alpha value is -2.42.